The van der Waals surface area contributed by atoms with Crippen LogP contribution in [0.2, 0.25) is 0 Å². The molecule has 1 amide bonds. The van der Waals surface area contributed by atoms with Crippen LogP contribution in [-0.4, -0.2) is 30.6 Å². The third-order valence-corrected chi connectivity index (χ3v) is 7.34. The maximum absolute atomic E-state index is 12.8. The first-order chi connectivity index (χ1) is 16.5. The van der Waals surface area contributed by atoms with Gasteiger partial charge in [0.15, 0.2) is 6.61 Å². The maximum Gasteiger partial charge on any atom is 0.416 e. The molecular formula is C24H23F3N2O4S2. The second-order valence-electron chi connectivity index (χ2n) is 7.55. The number of esters is 1. The Bertz CT molecular complexity index is 1220. The number of ether oxygens (including phenoxy) is 2. The number of nitrogens with one attached hydrogen (secondary N) is 1. The molecule has 3 aromatic rings. The van der Waals surface area contributed by atoms with Crippen molar-refractivity contribution in [1.82, 2.24) is 4.98 Å². The Morgan fingerprint density at radius 3 is 2.43 bits per heavy atom. The van der Waals surface area contributed by atoms with E-state index in [1.54, 1.807) is 6.07 Å². The molecule has 1 aromatic heterocycles. The summed E-state index contributed by atoms with van der Waals surface area (Å²) >= 11 is 2.89. The van der Waals surface area contributed by atoms with Crippen LogP contribution >= 0.6 is 23.1 Å². The second-order valence-corrected chi connectivity index (χ2v) is 9.65. The van der Waals surface area contributed by atoms with Gasteiger partial charge in [0.1, 0.15) is 10.8 Å². The van der Waals surface area contributed by atoms with Gasteiger partial charge in [-0.15, -0.1) is 23.1 Å². The van der Waals surface area contributed by atoms with Gasteiger partial charge in [0, 0.05) is 34.1 Å². The fraction of sp³-hybridized carbons (Fsp3) is 0.292. The van der Waals surface area contributed by atoms with Gasteiger partial charge >= 0.3 is 12.1 Å². The number of carbonyl (C=O) groups excluding carboxylic acids is 2. The molecule has 0 aliphatic carbocycles. The average Bonchev–Trinajstić information content (AvgIpc) is 3.17. The fourth-order valence-electron chi connectivity index (χ4n) is 3.05. The molecule has 0 aliphatic rings. The summed E-state index contributed by atoms with van der Waals surface area (Å²) in [6, 6.07) is 8.46. The largest absolute Gasteiger partial charge is 0.482 e. The lowest BCUT2D eigenvalue weighted by Gasteiger charge is -2.15. The number of thioether (sulfide) groups is 1. The number of halogens is 3. The lowest BCUT2D eigenvalue weighted by atomic mass is 10.1. The highest BCUT2D eigenvalue weighted by Crippen LogP contribution is 2.39. The van der Waals surface area contributed by atoms with E-state index < -0.39 is 17.7 Å². The van der Waals surface area contributed by atoms with Gasteiger partial charge in [-0.05, 0) is 37.6 Å². The minimum absolute atomic E-state index is 0.254. The number of carbonyl (C=O) groups is 2. The number of aryl methyl sites for hydroxylation is 2. The zero-order chi connectivity index (χ0) is 25.8. The number of methoxy groups -OCH3 is 1. The van der Waals surface area contributed by atoms with E-state index in [1.807, 2.05) is 19.9 Å². The van der Waals surface area contributed by atoms with E-state index in [0.717, 1.165) is 33.2 Å². The Hall–Kier alpha value is -3.05. The van der Waals surface area contributed by atoms with Gasteiger partial charge < -0.3 is 14.8 Å². The SMILES string of the molecule is COC(=O)COc1cc(NC(C)=O)c(SCc2sc(-c3ccc(C(F)(F)F)cc3)nc2C)cc1C. The van der Waals surface area contributed by atoms with Crippen LogP contribution in [0.25, 0.3) is 10.6 Å². The summed E-state index contributed by atoms with van der Waals surface area (Å²) in [6.07, 6.45) is -4.39. The summed E-state index contributed by atoms with van der Waals surface area (Å²) < 4.78 is 48.6. The lowest BCUT2D eigenvalue weighted by Crippen LogP contribution is -2.13. The molecule has 0 saturated carbocycles. The molecule has 0 radical (unpaired) electrons. The van der Waals surface area contributed by atoms with E-state index in [0.29, 0.717) is 27.8 Å². The zero-order valence-electron chi connectivity index (χ0n) is 19.4. The van der Waals surface area contributed by atoms with Gasteiger partial charge in [0.05, 0.1) is 24.1 Å². The Kier molecular flexibility index (Phi) is 8.44. The lowest BCUT2D eigenvalue weighted by molar-refractivity contribution is -0.143. The van der Waals surface area contributed by atoms with Crippen LogP contribution in [-0.2, 0) is 26.3 Å². The van der Waals surface area contributed by atoms with Gasteiger partial charge in [0.2, 0.25) is 5.91 Å². The van der Waals surface area contributed by atoms with Gasteiger partial charge in [0.25, 0.3) is 0 Å². The van der Waals surface area contributed by atoms with Gasteiger partial charge in [-0.3, -0.25) is 4.79 Å². The number of anilines is 1. The standard InChI is InChI=1S/C24H23F3N2O4S2/c1-13-9-20(18(29-15(3)30)10-19(13)33-11-22(31)32-4)34-12-21-14(2)28-23(35-21)16-5-7-17(8-6-16)24(25,26)27/h5-10H,11-12H2,1-4H3,(H,29,30). The normalized spacial score (nSPS) is 11.3. The highest BCUT2D eigenvalue weighted by molar-refractivity contribution is 7.98. The molecule has 0 spiro atoms. The third-order valence-electron chi connectivity index (χ3n) is 4.87. The summed E-state index contributed by atoms with van der Waals surface area (Å²) in [5, 5.41) is 3.42. The molecular weight excluding hydrogens is 501 g/mol. The van der Waals surface area contributed by atoms with Crippen LogP contribution < -0.4 is 10.1 Å². The van der Waals surface area contributed by atoms with Crippen molar-refractivity contribution in [3.63, 3.8) is 0 Å². The van der Waals surface area contributed by atoms with Gasteiger partial charge in [-0.25, -0.2) is 9.78 Å². The van der Waals surface area contributed by atoms with Crippen molar-refractivity contribution in [2.24, 2.45) is 0 Å². The number of benzene rings is 2. The highest BCUT2D eigenvalue weighted by atomic mass is 32.2. The topological polar surface area (TPSA) is 77.5 Å². The molecule has 35 heavy (non-hydrogen) atoms. The summed E-state index contributed by atoms with van der Waals surface area (Å²) in [7, 11) is 1.27. The number of nitrogens with zero attached hydrogens (tertiary/aromatic N) is 1. The van der Waals surface area contributed by atoms with E-state index in [4.69, 9.17) is 4.74 Å². The first kappa shape index (κ1) is 26.6. The highest BCUT2D eigenvalue weighted by Gasteiger charge is 2.30. The predicted octanol–water partition coefficient (Wildman–Crippen LogP) is 6.25. The average molecular weight is 525 g/mol. The van der Waals surface area contributed by atoms with E-state index in [-0.39, 0.29) is 12.5 Å². The van der Waals surface area contributed by atoms with Gasteiger partial charge in [-0.1, -0.05) is 12.1 Å². The summed E-state index contributed by atoms with van der Waals surface area (Å²) in [5.41, 5.74) is 2.01. The number of rotatable bonds is 8. The molecule has 1 N–H and O–H groups in total. The van der Waals surface area contributed by atoms with Crippen molar-refractivity contribution in [1.29, 1.82) is 0 Å². The van der Waals surface area contributed by atoms with Crippen LogP contribution in [0.3, 0.4) is 0 Å². The molecule has 0 aliphatic heterocycles. The Labute approximate surface area is 208 Å². The Balaban J connectivity index is 1.79. The number of hydrogen-bond acceptors (Lipinski definition) is 7. The van der Waals surface area contributed by atoms with E-state index in [9.17, 15) is 22.8 Å². The fourth-order valence-corrected chi connectivity index (χ4v) is 5.35. The smallest absolute Gasteiger partial charge is 0.416 e. The monoisotopic (exact) mass is 524 g/mol. The van der Waals surface area contributed by atoms with E-state index >= 15 is 0 Å². The molecule has 0 bridgehead atoms. The van der Waals surface area contributed by atoms with Crippen molar-refractivity contribution in [2.45, 2.75) is 37.6 Å². The quantitative estimate of drug-likeness (QED) is 0.277. The molecule has 11 heteroatoms. The Morgan fingerprint density at radius 1 is 1.14 bits per heavy atom. The third kappa shape index (κ3) is 6.98. The molecule has 2 aromatic carbocycles. The van der Waals surface area contributed by atoms with Crippen LogP contribution in [0.4, 0.5) is 18.9 Å². The molecule has 3 rings (SSSR count). The van der Waals surface area contributed by atoms with Crippen LogP contribution in [0.1, 0.15) is 28.6 Å². The van der Waals surface area contributed by atoms with Crippen molar-refractivity contribution >= 4 is 40.7 Å². The molecule has 0 fully saturated rings. The van der Waals surface area contributed by atoms with Gasteiger partial charge in [-0.2, -0.15) is 13.2 Å². The molecule has 0 saturated heterocycles. The van der Waals surface area contributed by atoms with Crippen molar-refractivity contribution < 1.29 is 32.2 Å². The number of aromatic nitrogens is 1. The van der Waals surface area contributed by atoms with Crippen molar-refractivity contribution in [2.75, 3.05) is 19.0 Å². The zero-order valence-corrected chi connectivity index (χ0v) is 21.0. The van der Waals surface area contributed by atoms with Crippen LogP contribution in [0, 0.1) is 13.8 Å². The van der Waals surface area contributed by atoms with Crippen molar-refractivity contribution in [3.8, 4) is 16.3 Å². The summed E-state index contributed by atoms with van der Waals surface area (Å²) in [5.74, 6) is 0.210. The van der Waals surface area contributed by atoms with Crippen LogP contribution in [0.15, 0.2) is 41.3 Å². The first-order valence-corrected chi connectivity index (χ1v) is 12.2. The van der Waals surface area contributed by atoms with E-state index in [2.05, 4.69) is 15.0 Å². The Morgan fingerprint density at radius 2 is 1.83 bits per heavy atom. The van der Waals surface area contributed by atoms with E-state index in [1.165, 1.54) is 49.3 Å². The molecule has 0 atom stereocenters. The number of amides is 1. The molecule has 186 valence electrons. The molecule has 6 nitrogen and oxygen atoms in total. The number of thiazole rings is 1. The number of alkyl halides is 3. The molecule has 0 unspecified atom stereocenters. The summed E-state index contributed by atoms with van der Waals surface area (Å²) in [6.45, 7) is 4.82. The first-order valence-electron chi connectivity index (χ1n) is 10.4. The number of hydrogen-bond donors (Lipinski definition) is 1. The second kappa shape index (κ2) is 11.1. The predicted molar refractivity (Wildman–Crippen MR) is 130 cm³/mol. The minimum Gasteiger partial charge on any atom is -0.482 e. The molecule has 1 heterocycles. The minimum atomic E-state index is -4.39. The van der Waals surface area contributed by atoms with Crippen molar-refractivity contribution in [3.05, 3.63) is 58.1 Å². The maximum atomic E-state index is 12.8. The van der Waals surface area contributed by atoms with Crippen LogP contribution in [0.5, 0.6) is 5.75 Å². The summed E-state index contributed by atoms with van der Waals surface area (Å²) in [4.78, 5) is 29.4.